The Bertz CT molecular complexity index is 4370. The normalized spacial score (nSPS) is 13.2. The van der Waals surface area contributed by atoms with E-state index in [4.69, 9.17) is 60.2 Å². The molecule has 0 aromatic heterocycles. The molecule has 0 bridgehead atoms. The van der Waals surface area contributed by atoms with Gasteiger partial charge in [-0.15, -0.1) is 16.6 Å². The first kappa shape index (κ1) is 115. The molecule has 9 amide bonds. The molecule has 3 aromatic rings. The summed E-state index contributed by atoms with van der Waals surface area (Å²) in [6.45, 7) is 19.0. The third-order valence-corrected chi connectivity index (χ3v) is 18.7. The SMILES string of the molecule is COC(=O)NC(C#C[Si](C)(C)C)(CN1Cc2ccc(OC)cc2C1=O)C(=O)OC.COC(=O)NC(C#C[Si](C)(C)C)C(=O)OC.COC(=O)NC(Cl)C(=O)OC.COC(=O)NC(O)C(=O)O.COC(=O)NC(OC)C(=O)OC.COC(=O)N[C@](C#C[Si](C)(C)C)(CN1Cc2ccc(OC)cc2C1=O)C(=O)OC.COc1ccc2c(c1)C(=O)N(CBr)C2.O=CC(=O)O. The number of aliphatic hydroxyl groups excluding tert-OH is 1. The average molecular weight is 1920 g/mol. The molecule has 6 rings (SSSR count). The molecule has 0 saturated carbocycles. The molecule has 9 N–H and O–H groups in total. The van der Waals surface area contributed by atoms with E-state index >= 15 is 0 Å². The second kappa shape index (κ2) is 56.8. The van der Waals surface area contributed by atoms with Crippen molar-refractivity contribution in [1.29, 1.82) is 0 Å². The minimum Gasteiger partial charge on any atom is -0.497 e. The lowest BCUT2D eigenvalue weighted by Crippen LogP contribution is -2.60. The minimum absolute atomic E-state index is 0.0655. The largest absolute Gasteiger partial charge is 0.497 e. The second-order valence-corrected chi connectivity index (χ2v) is 43.0. The number of benzene rings is 3. The molecule has 0 radical (unpaired) electrons. The van der Waals surface area contributed by atoms with Gasteiger partial charge in [0.25, 0.3) is 17.7 Å². The summed E-state index contributed by atoms with van der Waals surface area (Å²) < 4.78 is 69.1. The number of hydrogen-bond donors (Lipinski definition) is 9. The maximum atomic E-state index is 12.9. The quantitative estimate of drug-likeness (QED) is 0.00791. The molecule has 696 valence electrons. The van der Waals surface area contributed by atoms with Gasteiger partial charge in [0.2, 0.25) is 35.3 Å². The first-order valence-electron chi connectivity index (χ1n) is 36.1. The van der Waals surface area contributed by atoms with Crippen LogP contribution in [0.5, 0.6) is 17.2 Å². The lowest BCUT2D eigenvalue weighted by molar-refractivity contribution is -0.154. The molecular formula is C77H107BrClN9O35Si3. The van der Waals surface area contributed by atoms with Crippen molar-refractivity contribution in [1.82, 2.24) is 46.6 Å². The number of carboxylic acids is 2. The number of halogens is 2. The molecule has 3 aliphatic heterocycles. The fourth-order valence-electron chi connectivity index (χ4n) is 9.05. The summed E-state index contributed by atoms with van der Waals surface area (Å²) in [6, 6.07) is 15.1. The fraction of sp³-hybridized carbons (Fsp3) is 0.468. The molecule has 49 heteroatoms. The standard InChI is InChI=1S/2C20H26N2O6Si.C10H10BrNO2.C10H17NO4Si.C6H11NO5.C5H8ClNO4.C4H7NO5.C2H2O3/c2*1-26-15-8-7-14-12-22(17(23)16(14)11-15)13-20(18(24)27-2,21-19(25)28-3)9-10-29(4,5)6;1-14-8-3-2-7-5-12(6-11)10(13)9(7)4-8;1-14-9(12)8(11-10(13)15-2)6-7-16(3,4)5;1-10-4(5(8)11-2)7-6(9)12-3;1-10-4(8)3(6)7-5(9)11-2;1-10-4(9)5-2(6)3(7)8;3-1-2(4)5/h2*7-8,11H,12-13H2,1-6H3,(H,21,25);2-4H,5-6H2,1H3;8H,1-5H3,(H,11,13);4H,1-3H3,(H,7,9);3H,1-2H3,(H,7,9);2,6H,1H3,(H,5,9)(H,7,8);1H,(H,4,5)/t20-;;;;;;;/m1......./s1. The van der Waals surface area contributed by atoms with Crippen molar-refractivity contribution in [2.75, 3.05) is 125 Å². The van der Waals surface area contributed by atoms with Crippen molar-refractivity contribution in [2.24, 2.45) is 0 Å². The van der Waals surface area contributed by atoms with Crippen LogP contribution in [-0.4, -0.2) is 317 Å². The van der Waals surface area contributed by atoms with Crippen LogP contribution >= 0.6 is 27.5 Å². The summed E-state index contributed by atoms with van der Waals surface area (Å²) in [4.78, 5) is 194. The number of amides is 9. The number of fused-ring (bicyclic) bond motifs is 3. The van der Waals surface area contributed by atoms with Crippen molar-refractivity contribution in [3.63, 3.8) is 0 Å². The number of nitrogens with one attached hydrogen (secondary N) is 6. The second-order valence-electron chi connectivity index (χ2n) is 27.8. The van der Waals surface area contributed by atoms with Gasteiger partial charge < -0.3 is 101 Å². The van der Waals surface area contributed by atoms with Gasteiger partial charge in [-0.05, 0) is 53.1 Å². The molecule has 126 heavy (non-hydrogen) atoms. The van der Waals surface area contributed by atoms with Gasteiger partial charge in [0.05, 0.1) is 118 Å². The van der Waals surface area contributed by atoms with E-state index in [1.54, 1.807) is 59.8 Å². The lowest BCUT2D eigenvalue weighted by atomic mass is 10.00. The molecule has 0 aliphatic carbocycles. The van der Waals surface area contributed by atoms with Crippen LogP contribution in [-0.2, 0) is 115 Å². The molecule has 44 nitrogen and oxygen atoms in total. The number of nitrogens with zero attached hydrogens (tertiary/aromatic N) is 3. The number of methoxy groups -OCH3 is 15. The summed E-state index contributed by atoms with van der Waals surface area (Å²) in [5, 5.41) is 36.8. The van der Waals surface area contributed by atoms with E-state index < -0.39 is 138 Å². The van der Waals surface area contributed by atoms with Crippen LogP contribution in [0.1, 0.15) is 47.8 Å². The van der Waals surface area contributed by atoms with E-state index in [0.29, 0.717) is 34.6 Å². The van der Waals surface area contributed by atoms with Crippen molar-refractivity contribution < 1.29 is 168 Å². The first-order valence-corrected chi connectivity index (χ1v) is 48.2. The zero-order valence-electron chi connectivity index (χ0n) is 73.8. The monoisotopic (exact) mass is 1920 g/mol. The van der Waals surface area contributed by atoms with Crippen LogP contribution in [0.3, 0.4) is 0 Å². The number of aliphatic hydroxyl groups is 1. The number of carbonyl (C=O) groups excluding carboxylic acids is 15. The topological polar surface area (TPSA) is 571 Å². The maximum Gasteiger partial charge on any atom is 0.409 e. The summed E-state index contributed by atoms with van der Waals surface area (Å²) in [5.74, 6) is 3.30. The average Bonchev–Trinajstić information content (AvgIpc) is 1.55. The number of carboxylic acid groups (broad SMARTS) is 2. The minimum atomic E-state index is -1.92. The summed E-state index contributed by atoms with van der Waals surface area (Å²) in [5.41, 5.74) is 9.44. The highest BCUT2D eigenvalue weighted by atomic mass is 79.9. The molecular weight excluding hydrogens is 1810 g/mol. The van der Waals surface area contributed by atoms with Crippen molar-refractivity contribution in [3.8, 4) is 51.6 Å². The Balaban J connectivity index is 0. The number of rotatable bonds is 22. The number of alkyl carbamates (subject to hydrolysis) is 6. The Morgan fingerprint density at radius 2 is 0.770 bits per heavy atom. The molecule has 5 unspecified atom stereocenters. The molecule has 0 fully saturated rings. The summed E-state index contributed by atoms with van der Waals surface area (Å²) in [6.07, 6.45) is -8.12. The van der Waals surface area contributed by atoms with E-state index in [9.17, 15) is 71.9 Å². The van der Waals surface area contributed by atoms with Crippen LogP contribution in [0.15, 0.2) is 54.6 Å². The summed E-state index contributed by atoms with van der Waals surface area (Å²) in [7, 11) is 13.5. The van der Waals surface area contributed by atoms with E-state index in [-0.39, 0.29) is 50.2 Å². The molecule has 3 aliphatic rings. The van der Waals surface area contributed by atoms with Gasteiger partial charge in [0.15, 0.2) is 6.04 Å². The van der Waals surface area contributed by atoms with Crippen molar-refractivity contribution in [2.45, 2.75) is 114 Å². The van der Waals surface area contributed by atoms with E-state index in [2.05, 4.69) is 119 Å². The van der Waals surface area contributed by atoms with Crippen molar-refractivity contribution >= 4 is 154 Å². The third-order valence-electron chi connectivity index (χ3n) is 15.1. The fourth-order valence-corrected chi connectivity index (χ4v) is 11.4. The number of alkyl halides is 2. The van der Waals surface area contributed by atoms with Gasteiger partial charge in [-0.1, -0.05) is 122 Å². The van der Waals surface area contributed by atoms with Gasteiger partial charge >= 0.3 is 78.3 Å². The number of ether oxygens (including phenoxy) is 15. The van der Waals surface area contributed by atoms with Gasteiger partial charge in [0, 0.05) is 43.4 Å². The van der Waals surface area contributed by atoms with Crippen LogP contribution in [0.2, 0.25) is 58.9 Å². The number of esters is 5. The number of hydrogen-bond acceptors (Lipinski definition) is 33. The van der Waals surface area contributed by atoms with Gasteiger partial charge in [-0.3, -0.25) is 51.1 Å². The van der Waals surface area contributed by atoms with Crippen LogP contribution < -0.4 is 46.1 Å². The maximum absolute atomic E-state index is 12.9. The van der Waals surface area contributed by atoms with Crippen molar-refractivity contribution in [3.05, 3.63) is 88.0 Å². The molecule has 3 heterocycles. The van der Waals surface area contributed by atoms with Gasteiger partial charge in [-0.2, -0.15) is 0 Å². The Hall–Kier alpha value is -12.9. The van der Waals surface area contributed by atoms with Gasteiger partial charge in [0.1, 0.15) is 41.5 Å². The van der Waals surface area contributed by atoms with Crippen LogP contribution in [0, 0.1) is 34.4 Å². The first-order chi connectivity index (χ1) is 58.8. The predicted octanol–water partition coefficient (Wildman–Crippen LogP) is 3.95. The molecule has 0 spiro atoms. The van der Waals surface area contributed by atoms with E-state index in [1.807, 2.05) is 76.4 Å². The highest BCUT2D eigenvalue weighted by Gasteiger charge is 2.47. The van der Waals surface area contributed by atoms with E-state index in [1.165, 1.54) is 88.0 Å². The Labute approximate surface area is 743 Å². The van der Waals surface area contributed by atoms with Gasteiger partial charge in [-0.25, -0.2) is 62.3 Å². The number of carbonyl (C=O) groups is 17. The lowest BCUT2D eigenvalue weighted by Gasteiger charge is -2.31. The van der Waals surface area contributed by atoms with Crippen LogP contribution in [0.4, 0.5) is 28.8 Å². The predicted molar refractivity (Wildman–Crippen MR) is 456 cm³/mol. The zero-order chi connectivity index (χ0) is 97.4. The zero-order valence-corrected chi connectivity index (χ0v) is 79.2. The van der Waals surface area contributed by atoms with Crippen LogP contribution in [0.25, 0.3) is 0 Å². The Morgan fingerprint density at radius 3 is 1.06 bits per heavy atom. The highest BCUT2D eigenvalue weighted by molar-refractivity contribution is 9.09. The highest BCUT2D eigenvalue weighted by Crippen LogP contribution is 2.31. The third kappa shape index (κ3) is 41.5. The molecule has 3 aromatic carbocycles. The van der Waals surface area contributed by atoms with E-state index in [0.717, 1.165) is 49.3 Å². The smallest absolute Gasteiger partial charge is 0.409 e. The summed E-state index contributed by atoms with van der Waals surface area (Å²) >= 11 is 8.60. The molecule has 0 saturated heterocycles. The molecule has 6 atom stereocenters. The Morgan fingerprint density at radius 1 is 0.452 bits per heavy atom. The number of aliphatic carboxylic acids is 2. The Kier molecular flexibility index (Phi) is 51.9. The number of aldehydes is 1.